The Morgan fingerprint density at radius 3 is 3.00 bits per heavy atom. The second kappa shape index (κ2) is 6.59. The number of nitrogens with one attached hydrogen (secondary N) is 1. The van der Waals surface area contributed by atoms with E-state index in [2.05, 4.69) is 23.3 Å². The maximum atomic E-state index is 10.1. The minimum Gasteiger partial charge on any atom is -0.508 e. The van der Waals surface area contributed by atoms with Crippen LogP contribution < -0.4 is 5.32 Å². The van der Waals surface area contributed by atoms with Gasteiger partial charge in [0.25, 0.3) is 0 Å². The molecule has 3 atom stereocenters. The average molecular weight is 288 g/mol. The molecule has 0 spiro atoms. The first-order valence-corrected chi connectivity index (χ1v) is 8.56. The van der Waals surface area contributed by atoms with E-state index in [4.69, 9.17) is 0 Å². The molecule has 3 rings (SSSR count). The highest BCUT2D eigenvalue weighted by Gasteiger charge is 2.23. The second-order valence-electron chi connectivity index (χ2n) is 6.85. The van der Waals surface area contributed by atoms with E-state index >= 15 is 0 Å². The van der Waals surface area contributed by atoms with Gasteiger partial charge < -0.3 is 15.3 Å². The molecule has 0 aromatic rings. The van der Waals surface area contributed by atoms with Gasteiger partial charge in [0.15, 0.2) is 0 Å². The van der Waals surface area contributed by atoms with E-state index in [0.717, 1.165) is 23.8 Å². The van der Waals surface area contributed by atoms with Crippen LogP contribution in [0.25, 0.3) is 0 Å². The number of aliphatic hydroxyl groups excluding tert-OH is 1. The summed E-state index contributed by atoms with van der Waals surface area (Å²) < 4.78 is 0. The number of aliphatic hydroxyl groups is 1. The van der Waals surface area contributed by atoms with Gasteiger partial charge in [0.2, 0.25) is 0 Å². The van der Waals surface area contributed by atoms with Gasteiger partial charge in [-0.25, -0.2) is 0 Å². The van der Waals surface area contributed by atoms with Crippen LogP contribution in [0.3, 0.4) is 0 Å². The fourth-order valence-electron chi connectivity index (χ4n) is 3.91. The fraction of sp³-hybridized carbons (Fsp3) is 0.667. The number of rotatable bonds is 6. The van der Waals surface area contributed by atoms with E-state index < -0.39 is 0 Å². The van der Waals surface area contributed by atoms with Crippen molar-refractivity contribution in [2.75, 3.05) is 0 Å². The molecule has 3 heteroatoms. The van der Waals surface area contributed by atoms with Crippen molar-refractivity contribution < 1.29 is 5.11 Å². The van der Waals surface area contributed by atoms with Gasteiger partial charge in [0.1, 0.15) is 11.9 Å². The summed E-state index contributed by atoms with van der Waals surface area (Å²) in [5.41, 5.74) is 1.08. The van der Waals surface area contributed by atoms with Crippen molar-refractivity contribution in [2.45, 2.75) is 64.5 Å². The van der Waals surface area contributed by atoms with E-state index in [9.17, 15) is 5.11 Å². The molecule has 2 heterocycles. The lowest BCUT2D eigenvalue weighted by Crippen LogP contribution is -2.32. The van der Waals surface area contributed by atoms with Gasteiger partial charge in [0, 0.05) is 30.2 Å². The predicted molar refractivity (Wildman–Crippen MR) is 86.3 cm³/mol. The molecular weight excluding hydrogens is 260 g/mol. The molecule has 2 aliphatic heterocycles. The molecule has 3 aliphatic rings. The van der Waals surface area contributed by atoms with Crippen LogP contribution in [0.15, 0.2) is 36.0 Å². The molecule has 0 radical (unpaired) electrons. The third-order valence-electron chi connectivity index (χ3n) is 5.34. The van der Waals surface area contributed by atoms with Crippen molar-refractivity contribution in [1.82, 2.24) is 10.2 Å². The van der Waals surface area contributed by atoms with Gasteiger partial charge in [-0.3, -0.25) is 0 Å². The molecule has 1 aliphatic carbocycles. The minimum atomic E-state index is 0.109. The Kier molecular flexibility index (Phi) is 4.57. The number of fused-ring (bicyclic) bond motifs is 1. The molecule has 1 fully saturated rings. The third kappa shape index (κ3) is 3.45. The Labute approximate surface area is 128 Å². The van der Waals surface area contributed by atoms with Crippen LogP contribution in [0.2, 0.25) is 0 Å². The Balaban J connectivity index is 1.37. The topological polar surface area (TPSA) is 35.5 Å². The molecule has 0 aromatic carbocycles. The smallest absolute Gasteiger partial charge is 0.125 e. The molecule has 1 saturated carbocycles. The Morgan fingerprint density at radius 1 is 1.29 bits per heavy atom. The zero-order valence-corrected chi connectivity index (χ0v) is 13.1. The number of unbranched alkanes of at least 4 members (excludes halogenated alkanes) is 2. The molecule has 21 heavy (non-hydrogen) atoms. The number of nitrogens with zero attached hydrogens (tertiary/aromatic N) is 1. The molecule has 3 nitrogen and oxygen atoms in total. The average Bonchev–Trinajstić information content (AvgIpc) is 3.07. The standard InChI is InChI=1S/C18H28N2O/c1-14-6-5-9-15(14)7-3-2-4-8-16-13-20-11-10-19-18(20)12-17(16)21/h10-15,18-19,21H,2-9H2,1H3/t14?,15-,18?/m1/s1. The molecular formula is C18H28N2O. The highest BCUT2D eigenvalue weighted by atomic mass is 16.3. The zero-order chi connectivity index (χ0) is 14.7. The maximum Gasteiger partial charge on any atom is 0.125 e. The lowest BCUT2D eigenvalue weighted by atomic mass is 9.92. The highest BCUT2D eigenvalue weighted by Crippen LogP contribution is 2.35. The van der Waals surface area contributed by atoms with Crippen molar-refractivity contribution in [2.24, 2.45) is 11.8 Å². The summed E-state index contributed by atoms with van der Waals surface area (Å²) in [6, 6.07) is 0. The first-order valence-electron chi connectivity index (χ1n) is 8.56. The van der Waals surface area contributed by atoms with Gasteiger partial charge in [0.05, 0.1) is 0 Å². The summed E-state index contributed by atoms with van der Waals surface area (Å²) in [6.07, 6.45) is 18.6. The van der Waals surface area contributed by atoms with Gasteiger partial charge in [-0.2, -0.15) is 0 Å². The quantitative estimate of drug-likeness (QED) is 0.710. The van der Waals surface area contributed by atoms with Crippen molar-refractivity contribution in [3.63, 3.8) is 0 Å². The zero-order valence-electron chi connectivity index (χ0n) is 13.1. The van der Waals surface area contributed by atoms with Crippen LogP contribution in [0.1, 0.15) is 58.3 Å². The van der Waals surface area contributed by atoms with Crippen molar-refractivity contribution in [3.8, 4) is 0 Å². The van der Waals surface area contributed by atoms with E-state index in [1.54, 1.807) is 0 Å². The van der Waals surface area contributed by atoms with Crippen molar-refractivity contribution in [1.29, 1.82) is 0 Å². The van der Waals surface area contributed by atoms with E-state index in [1.807, 2.05) is 18.5 Å². The molecule has 0 saturated heterocycles. The monoisotopic (exact) mass is 288 g/mol. The number of hydrogen-bond acceptors (Lipinski definition) is 3. The molecule has 2 unspecified atom stereocenters. The van der Waals surface area contributed by atoms with Crippen LogP contribution in [-0.4, -0.2) is 16.2 Å². The largest absolute Gasteiger partial charge is 0.508 e. The number of hydrogen-bond donors (Lipinski definition) is 2. The summed E-state index contributed by atoms with van der Waals surface area (Å²) in [7, 11) is 0. The summed E-state index contributed by atoms with van der Waals surface area (Å²) in [4.78, 5) is 2.12. The summed E-state index contributed by atoms with van der Waals surface area (Å²) in [5, 5.41) is 13.3. The van der Waals surface area contributed by atoms with Crippen LogP contribution in [0.4, 0.5) is 0 Å². The third-order valence-corrected chi connectivity index (χ3v) is 5.34. The lowest BCUT2D eigenvalue weighted by molar-refractivity contribution is 0.354. The summed E-state index contributed by atoms with van der Waals surface area (Å²) >= 11 is 0. The Morgan fingerprint density at radius 2 is 2.19 bits per heavy atom. The van der Waals surface area contributed by atoms with E-state index in [1.165, 1.54) is 44.9 Å². The molecule has 0 amide bonds. The normalized spacial score (nSPS) is 30.9. The van der Waals surface area contributed by atoms with Gasteiger partial charge >= 0.3 is 0 Å². The van der Waals surface area contributed by atoms with Gasteiger partial charge in [-0.1, -0.05) is 45.4 Å². The fourth-order valence-corrected chi connectivity index (χ4v) is 3.91. The highest BCUT2D eigenvalue weighted by molar-refractivity contribution is 5.32. The van der Waals surface area contributed by atoms with Crippen LogP contribution in [0.5, 0.6) is 0 Å². The Bertz CT molecular complexity index is 452. The van der Waals surface area contributed by atoms with E-state index in [-0.39, 0.29) is 6.17 Å². The first kappa shape index (κ1) is 14.6. The maximum absolute atomic E-state index is 10.1. The Hall–Kier alpha value is -1.38. The van der Waals surface area contributed by atoms with Gasteiger partial charge in [-0.15, -0.1) is 0 Å². The van der Waals surface area contributed by atoms with Crippen LogP contribution in [0, 0.1) is 11.8 Å². The SMILES string of the molecule is CC1CCC[C@H]1CCCCCC1=CN2C=CNC2C=C1O. The van der Waals surface area contributed by atoms with E-state index in [0.29, 0.717) is 5.76 Å². The van der Waals surface area contributed by atoms with Crippen molar-refractivity contribution in [3.05, 3.63) is 36.0 Å². The first-order chi connectivity index (χ1) is 10.2. The molecule has 2 N–H and O–H groups in total. The van der Waals surface area contributed by atoms with Crippen LogP contribution >= 0.6 is 0 Å². The molecule has 0 aromatic heterocycles. The number of allylic oxidation sites excluding steroid dienone is 1. The summed E-state index contributed by atoms with van der Waals surface area (Å²) in [5.74, 6) is 2.38. The summed E-state index contributed by atoms with van der Waals surface area (Å²) in [6.45, 7) is 2.42. The lowest BCUT2D eigenvalue weighted by Gasteiger charge is -2.25. The molecule has 0 bridgehead atoms. The van der Waals surface area contributed by atoms with Crippen LogP contribution in [-0.2, 0) is 0 Å². The van der Waals surface area contributed by atoms with Gasteiger partial charge in [-0.05, 0) is 24.7 Å². The minimum absolute atomic E-state index is 0.109. The predicted octanol–water partition coefficient (Wildman–Crippen LogP) is 4.42. The van der Waals surface area contributed by atoms with Crippen molar-refractivity contribution >= 4 is 0 Å². The molecule has 116 valence electrons. The second-order valence-corrected chi connectivity index (χ2v) is 6.85.